The molecule has 0 aliphatic rings. The van der Waals surface area contributed by atoms with E-state index in [1.54, 1.807) is 36.4 Å². The molecule has 2 rings (SSSR count). The fraction of sp³-hybridized carbons (Fsp3) is 0.167. The summed E-state index contributed by atoms with van der Waals surface area (Å²) in [6.45, 7) is 1.69. The lowest BCUT2D eigenvalue weighted by Crippen LogP contribution is -2.26. The number of ether oxygens (including phenoxy) is 1. The van der Waals surface area contributed by atoms with Gasteiger partial charge < -0.3 is 4.74 Å². The molecule has 6 heteroatoms. The number of hydrogen-bond acceptors (Lipinski definition) is 4. The van der Waals surface area contributed by atoms with Crippen LogP contribution >= 0.6 is 0 Å². The van der Waals surface area contributed by atoms with Gasteiger partial charge in [-0.3, -0.25) is 4.79 Å². The lowest BCUT2D eigenvalue weighted by molar-refractivity contribution is -0.123. The number of carbonyl (C=O) groups is 1. The van der Waals surface area contributed by atoms with Crippen LogP contribution in [0, 0.1) is 17.1 Å². The quantitative estimate of drug-likeness (QED) is 0.655. The molecule has 0 fully saturated rings. The molecule has 2 aromatic carbocycles. The maximum Gasteiger partial charge on any atom is 0.277 e. The Balaban J connectivity index is 1.90. The standard InChI is InChI=1S/C18H16FN3O2/c1-2-17(14-5-7-15(19)8-6-14)21-22-18(23)12-24-16-9-3-13(11-20)4-10-16/h3-10H,2,12H2,1H3,(H,22,23)/b21-17+. The predicted molar refractivity (Wildman–Crippen MR) is 88.0 cm³/mol. The van der Waals surface area contributed by atoms with E-state index in [2.05, 4.69) is 10.5 Å². The summed E-state index contributed by atoms with van der Waals surface area (Å²) in [5, 5.41) is 12.8. The van der Waals surface area contributed by atoms with Crippen molar-refractivity contribution in [2.24, 2.45) is 5.10 Å². The highest BCUT2D eigenvalue weighted by Crippen LogP contribution is 2.11. The van der Waals surface area contributed by atoms with Crippen molar-refractivity contribution in [2.45, 2.75) is 13.3 Å². The Morgan fingerprint density at radius 2 is 1.88 bits per heavy atom. The molecular formula is C18H16FN3O2. The molecule has 0 unspecified atom stereocenters. The van der Waals surface area contributed by atoms with Crippen molar-refractivity contribution in [2.75, 3.05) is 6.61 Å². The number of benzene rings is 2. The van der Waals surface area contributed by atoms with Gasteiger partial charge in [-0.1, -0.05) is 19.1 Å². The van der Waals surface area contributed by atoms with Gasteiger partial charge in [-0.2, -0.15) is 10.4 Å². The zero-order chi connectivity index (χ0) is 17.4. The average Bonchev–Trinajstić information content (AvgIpc) is 2.62. The number of nitrogens with one attached hydrogen (secondary N) is 1. The van der Waals surface area contributed by atoms with E-state index >= 15 is 0 Å². The normalized spacial score (nSPS) is 10.8. The zero-order valence-corrected chi connectivity index (χ0v) is 13.1. The number of nitriles is 1. The monoisotopic (exact) mass is 325 g/mol. The fourth-order valence-corrected chi connectivity index (χ4v) is 1.93. The van der Waals surface area contributed by atoms with Gasteiger partial charge >= 0.3 is 0 Å². The molecule has 0 bridgehead atoms. The lowest BCUT2D eigenvalue weighted by Gasteiger charge is -2.07. The Kier molecular flexibility index (Phi) is 6.03. The number of nitrogens with zero attached hydrogens (tertiary/aromatic N) is 2. The second-order valence-electron chi connectivity index (χ2n) is 4.88. The molecule has 0 aliphatic carbocycles. The number of hydrazone groups is 1. The SMILES string of the molecule is CC/C(=N\NC(=O)COc1ccc(C#N)cc1)c1ccc(F)cc1. The molecule has 5 nitrogen and oxygen atoms in total. The van der Waals surface area contributed by atoms with Crippen molar-refractivity contribution < 1.29 is 13.9 Å². The minimum absolute atomic E-state index is 0.199. The molecule has 0 saturated heterocycles. The molecule has 0 aromatic heterocycles. The topological polar surface area (TPSA) is 74.5 Å². The molecule has 0 heterocycles. The summed E-state index contributed by atoms with van der Waals surface area (Å²) in [5.74, 6) is -0.246. The van der Waals surface area contributed by atoms with Crippen LogP contribution in [0.4, 0.5) is 4.39 Å². The summed E-state index contributed by atoms with van der Waals surface area (Å²) in [6, 6.07) is 14.3. The summed E-state index contributed by atoms with van der Waals surface area (Å²) in [4.78, 5) is 11.8. The van der Waals surface area contributed by atoms with Gasteiger partial charge in [-0.05, 0) is 48.4 Å². The minimum Gasteiger partial charge on any atom is -0.484 e. The number of halogens is 1. The highest BCUT2D eigenvalue weighted by atomic mass is 19.1. The summed E-state index contributed by atoms with van der Waals surface area (Å²) in [7, 11) is 0. The van der Waals surface area contributed by atoms with Crippen LogP contribution in [0.1, 0.15) is 24.5 Å². The van der Waals surface area contributed by atoms with E-state index in [-0.39, 0.29) is 12.4 Å². The van der Waals surface area contributed by atoms with E-state index in [1.165, 1.54) is 12.1 Å². The van der Waals surface area contributed by atoms with Crippen molar-refractivity contribution >= 4 is 11.6 Å². The van der Waals surface area contributed by atoms with Crippen LogP contribution in [0.15, 0.2) is 53.6 Å². The summed E-state index contributed by atoms with van der Waals surface area (Å²) < 4.78 is 18.2. The molecule has 0 atom stereocenters. The van der Waals surface area contributed by atoms with Gasteiger partial charge in [0, 0.05) is 0 Å². The van der Waals surface area contributed by atoms with E-state index in [0.717, 1.165) is 5.56 Å². The first-order valence-corrected chi connectivity index (χ1v) is 7.36. The van der Waals surface area contributed by atoms with Gasteiger partial charge in [0.15, 0.2) is 6.61 Å². The van der Waals surface area contributed by atoms with E-state index in [4.69, 9.17) is 10.00 Å². The predicted octanol–water partition coefficient (Wildman–Crippen LogP) is 3.01. The second kappa shape index (κ2) is 8.44. The maximum atomic E-state index is 12.9. The van der Waals surface area contributed by atoms with Gasteiger partial charge in [0.05, 0.1) is 17.3 Å². The lowest BCUT2D eigenvalue weighted by atomic mass is 10.1. The van der Waals surface area contributed by atoms with Gasteiger partial charge in [0.2, 0.25) is 0 Å². The molecule has 0 radical (unpaired) electrons. The highest BCUT2D eigenvalue weighted by molar-refractivity contribution is 6.00. The van der Waals surface area contributed by atoms with E-state index in [1.807, 2.05) is 13.0 Å². The van der Waals surface area contributed by atoms with Gasteiger partial charge in [0.25, 0.3) is 5.91 Å². The molecule has 122 valence electrons. The van der Waals surface area contributed by atoms with E-state index in [9.17, 15) is 9.18 Å². The third-order valence-corrected chi connectivity index (χ3v) is 3.18. The van der Waals surface area contributed by atoms with Crippen molar-refractivity contribution in [1.29, 1.82) is 5.26 Å². The second-order valence-corrected chi connectivity index (χ2v) is 4.88. The molecule has 1 N–H and O–H groups in total. The van der Waals surface area contributed by atoms with E-state index in [0.29, 0.717) is 23.4 Å². The summed E-state index contributed by atoms with van der Waals surface area (Å²) >= 11 is 0. The van der Waals surface area contributed by atoms with Crippen LogP contribution in [0.2, 0.25) is 0 Å². The molecule has 24 heavy (non-hydrogen) atoms. The first kappa shape index (κ1) is 17.2. The molecule has 0 spiro atoms. The van der Waals surface area contributed by atoms with Crippen LogP contribution in [0.25, 0.3) is 0 Å². The number of amides is 1. The molecule has 0 aliphatic heterocycles. The number of rotatable bonds is 6. The fourth-order valence-electron chi connectivity index (χ4n) is 1.93. The van der Waals surface area contributed by atoms with Crippen molar-refractivity contribution in [3.05, 3.63) is 65.5 Å². The molecule has 1 amide bonds. The van der Waals surface area contributed by atoms with E-state index < -0.39 is 5.91 Å². The van der Waals surface area contributed by atoms with Crippen LogP contribution < -0.4 is 10.2 Å². The molecule has 2 aromatic rings. The van der Waals surface area contributed by atoms with Crippen molar-refractivity contribution in [3.8, 4) is 11.8 Å². The van der Waals surface area contributed by atoms with Crippen LogP contribution in [0.3, 0.4) is 0 Å². The Morgan fingerprint density at radius 1 is 1.21 bits per heavy atom. The van der Waals surface area contributed by atoms with Gasteiger partial charge in [-0.25, -0.2) is 9.82 Å². The largest absolute Gasteiger partial charge is 0.484 e. The maximum absolute atomic E-state index is 12.9. The first-order chi connectivity index (χ1) is 11.6. The highest BCUT2D eigenvalue weighted by Gasteiger charge is 2.05. The zero-order valence-electron chi connectivity index (χ0n) is 13.1. The van der Waals surface area contributed by atoms with Gasteiger partial charge in [-0.15, -0.1) is 0 Å². The van der Waals surface area contributed by atoms with Crippen LogP contribution in [-0.4, -0.2) is 18.2 Å². The smallest absolute Gasteiger partial charge is 0.277 e. The summed E-state index contributed by atoms with van der Waals surface area (Å²) in [6.07, 6.45) is 0.586. The van der Waals surface area contributed by atoms with Crippen molar-refractivity contribution in [3.63, 3.8) is 0 Å². The molecular weight excluding hydrogens is 309 g/mol. The third-order valence-electron chi connectivity index (χ3n) is 3.18. The van der Waals surface area contributed by atoms with Crippen LogP contribution in [0.5, 0.6) is 5.75 Å². The number of carbonyl (C=O) groups excluding carboxylic acids is 1. The first-order valence-electron chi connectivity index (χ1n) is 7.36. The number of hydrogen-bond donors (Lipinski definition) is 1. The van der Waals surface area contributed by atoms with Crippen molar-refractivity contribution in [1.82, 2.24) is 5.43 Å². The summed E-state index contributed by atoms with van der Waals surface area (Å²) in [5.41, 5.74) is 4.32. The van der Waals surface area contributed by atoms with Gasteiger partial charge in [0.1, 0.15) is 11.6 Å². The minimum atomic E-state index is -0.410. The third kappa shape index (κ3) is 4.92. The van der Waals surface area contributed by atoms with Crippen LogP contribution in [-0.2, 0) is 4.79 Å². The Bertz CT molecular complexity index is 762. The Morgan fingerprint density at radius 3 is 2.46 bits per heavy atom. The average molecular weight is 325 g/mol. The Labute approximate surface area is 139 Å². The Hall–Kier alpha value is -3.20. The molecule has 0 saturated carbocycles.